The van der Waals surface area contributed by atoms with Gasteiger partial charge in [-0.05, 0) is 26.0 Å². The van der Waals surface area contributed by atoms with Crippen molar-refractivity contribution in [3.8, 4) is 0 Å². The van der Waals surface area contributed by atoms with Gasteiger partial charge in [0, 0.05) is 52.0 Å². The van der Waals surface area contributed by atoms with Crippen LogP contribution in [0, 0.1) is 10.1 Å². The zero-order valence-corrected chi connectivity index (χ0v) is 15.3. The van der Waals surface area contributed by atoms with E-state index in [1.54, 1.807) is 19.2 Å². The molecule has 0 aromatic heterocycles. The van der Waals surface area contributed by atoms with Crippen LogP contribution in [0.1, 0.15) is 18.9 Å². The Kier molecular flexibility index (Phi) is 10.2. The number of non-ortho nitro benzene ring substituents is 1. The summed E-state index contributed by atoms with van der Waals surface area (Å²) in [6.45, 7) is 6.72. The molecule has 0 aliphatic heterocycles. The summed E-state index contributed by atoms with van der Waals surface area (Å²) in [5.41, 5.74) is 1.02. The van der Waals surface area contributed by atoms with Crippen LogP contribution in [0.15, 0.2) is 29.3 Å². The Labute approximate surface area is 149 Å². The minimum Gasteiger partial charge on any atom is -0.385 e. The molecule has 0 fully saturated rings. The summed E-state index contributed by atoms with van der Waals surface area (Å²) in [7, 11) is 3.80. The Morgan fingerprint density at radius 2 is 2.00 bits per heavy atom. The van der Waals surface area contributed by atoms with Gasteiger partial charge in [-0.3, -0.25) is 10.1 Å². The molecule has 1 aromatic carbocycles. The molecule has 0 unspecified atom stereocenters. The number of hydrogen-bond donors (Lipinski definition) is 2. The van der Waals surface area contributed by atoms with Gasteiger partial charge in [0.25, 0.3) is 5.69 Å². The van der Waals surface area contributed by atoms with E-state index in [-0.39, 0.29) is 5.69 Å². The van der Waals surface area contributed by atoms with E-state index in [1.165, 1.54) is 12.1 Å². The molecule has 0 spiro atoms. The van der Waals surface area contributed by atoms with Crippen molar-refractivity contribution in [3.05, 3.63) is 39.9 Å². The van der Waals surface area contributed by atoms with Crippen LogP contribution >= 0.6 is 0 Å². The lowest BCUT2D eigenvalue weighted by atomic mass is 10.2. The predicted molar refractivity (Wildman–Crippen MR) is 99.9 cm³/mol. The number of nitro groups is 1. The normalized spacial score (nSPS) is 11.6. The van der Waals surface area contributed by atoms with Crippen LogP contribution in [0.25, 0.3) is 0 Å². The van der Waals surface area contributed by atoms with Gasteiger partial charge in [-0.2, -0.15) is 0 Å². The molecule has 0 radical (unpaired) electrons. The molecule has 25 heavy (non-hydrogen) atoms. The van der Waals surface area contributed by atoms with Gasteiger partial charge in [-0.15, -0.1) is 0 Å². The average molecular weight is 351 g/mol. The molecule has 0 bridgehead atoms. The molecule has 0 atom stereocenters. The molecule has 1 rings (SSSR count). The van der Waals surface area contributed by atoms with E-state index in [0.29, 0.717) is 6.54 Å². The van der Waals surface area contributed by atoms with E-state index in [9.17, 15) is 10.1 Å². The standard InChI is InChI=1S/C17H29N5O3/c1-4-18-17(19-10-12-21(2)11-5-13-25-3)20-14-15-6-8-16(9-7-15)22(23)24/h6-9H,4-5,10-14H2,1-3H3,(H2,18,19,20). The number of methoxy groups -OCH3 is 1. The topological polar surface area (TPSA) is 92.0 Å². The highest BCUT2D eigenvalue weighted by atomic mass is 16.6. The van der Waals surface area contributed by atoms with Gasteiger partial charge in [0.15, 0.2) is 5.96 Å². The van der Waals surface area contributed by atoms with Crippen LogP contribution in [0.3, 0.4) is 0 Å². The quantitative estimate of drug-likeness (QED) is 0.207. The molecule has 2 N–H and O–H groups in total. The molecule has 140 valence electrons. The number of guanidine groups is 1. The predicted octanol–water partition coefficient (Wildman–Crippen LogP) is 1.62. The summed E-state index contributed by atoms with van der Waals surface area (Å²) >= 11 is 0. The van der Waals surface area contributed by atoms with Gasteiger partial charge in [0.05, 0.1) is 11.5 Å². The van der Waals surface area contributed by atoms with Crippen molar-refractivity contribution in [2.24, 2.45) is 4.99 Å². The number of aliphatic imine (C=N–C) groups is 1. The Morgan fingerprint density at radius 3 is 2.60 bits per heavy atom. The minimum absolute atomic E-state index is 0.0919. The molecular formula is C17H29N5O3. The van der Waals surface area contributed by atoms with E-state index in [2.05, 4.69) is 27.6 Å². The van der Waals surface area contributed by atoms with Gasteiger partial charge in [-0.1, -0.05) is 12.1 Å². The SMILES string of the molecule is CCNC(=NCc1ccc([N+](=O)[O-])cc1)NCCN(C)CCCOC. The highest BCUT2D eigenvalue weighted by Gasteiger charge is 2.04. The molecular weight excluding hydrogens is 322 g/mol. The van der Waals surface area contributed by atoms with Gasteiger partial charge >= 0.3 is 0 Å². The van der Waals surface area contributed by atoms with Crippen LogP contribution in [-0.4, -0.2) is 62.7 Å². The van der Waals surface area contributed by atoms with Crippen molar-refractivity contribution in [1.29, 1.82) is 0 Å². The van der Waals surface area contributed by atoms with E-state index in [1.807, 2.05) is 6.92 Å². The lowest BCUT2D eigenvalue weighted by Crippen LogP contribution is -2.41. The molecule has 0 aliphatic rings. The summed E-state index contributed by atoms with van der Waals surface area (Å²) in [6, 6.07) is 6.46. The second kappa shape index (κ2) is 12.2. The Bertz CT molecular complexity index is 534. The Morgan fingerprint density at radius 1 is 1.28 bits per heavy atom. The lowest BCUT2D eigenvalue weighted by molar-refractivity contribution is -0.384. The molecule has 0 saturated heterocycles. The summed E-state index contributed by atoms with van der Waals surface area (Å²) in [5, 5.41) is 17.2. The van der Waals surface area contributed by atoms with Crippen molar-refractivity contribution >= 4 is 11.6 Å². The summed E-state index contributed by atoms with van der Waals surface area (Å²) in [6.07, 6.45) is 1.02. The second-order valence-electron chi connectivity index (χ2n) is 5.70. The number of nitrogens with one attached hydrogen (secondary N) is 2. The monoisotopic (exact) mass is 351 g/mol. The van der Waals surface area contributed by atoms with Crippen LogP contribution in [0.5, 0.6) is 0 Å². The third-order valence-corrected chi connectivity index (χ3v) is 3.59. The molecule has 0 amide bonds. The zero-order valence-electron chi connectivity index (χ0n) is 15.3. The fourth-order valence-electron chi connectivity index (χ4n) is 2.19. The number of hydrogen-bond acceptors (Lipinski definition) is 5. The number of nitro benzene ring substituents is 1. The third kappa shape index (κ3) is 9.02. The molecule has 8 nitrogen and oxygen atoms in total. The molecule has 0 heterocycles. The van der Waals surface area contributed by atoms with Crippen LogP contribution < -0.4 is 10.6 Å². The molecule has 1 aromatic rings. The first-order valence-corrected chi connectivity index (χ1v) is 8.49. The second-order valence-corrected chi connectivity index (χ2v) is 5.70. The van der Waals surface area contributed by atoms with Gasteiger partial charge in [0.1, 0.15) is 0 Å². The Hall–Kier alpha value is -2.19. The maximum atomic E-state index is 10.7. The first kappa shape index (κ1) is 20.9. The van der Waals surface area contributed by atoms with Crippen LogP contribution in [-0.2, 0) is 11.3 Å². The fraction of sp³-hybridized carbons (Fsp3) is 0.588. The van der Waals surface area contributed by atoms with Crippen molar-refractivity contribution in [2.75, 3.05) is 46.9 Å². The summed E-state index contributed by atoms with van der Waals surface area (Å²) < 4.78 is 5.05. The van der Waals surface area contributed by atoms with E-state index in [0.717, 1.165) is 50.7 Å². The first-order chi connectivity index (χ1) is 12.1. The maximum Gasteiger partial charge on any atom is 0.269 e. The van der Waals surface area contributed by atoms with E-state index in [4.69, 9.17) is 4.74 Å². The number of ether oxygens (including phenoxy) is 1. The highest BCUT2D eigenvalue weighted by molar-refractivity contribution is 5.79. The van der Waals surface area contributed by atoms with Crippen LogP contribution in [0.4, 0.5) is 5.69 Å². The Balaban J connectivity index is 2.43. The van der Waals surface area contributed by atoms with Crippen molar-refractivity contribution in [2.45, 2.75) is 19.9 Å². The third-order valence-electron chi connectivity index (χ3n) is 3.59. The molecule has 0 aliphatic carbocycles. The average Bonchev–Trinajstić information content (AvgIpc) is 2.60. The van der Waals surface area contributed by atoms with Crippen LogP contribution in [0.2, 0.25) is 0 Å². The highest BCUT2D eigenvalue weighted by Crippen LogP contribution is 2.12. The van der Waals surface area contributed by atoms with Gasteiger partial charge in [-0.25, -0.2) is 4.99 Å². The number of nitrogens with zero attached hydrogens (tertiary/aromatic N) is 3. The minimum atomic E-state index is -0.401. The number of rotatable bonds is 11. The smallest absolute Gasteiger partial charge is 0.269 e. The maximum absolute atomic E-state index is 10.7. The zero-order chi connectivity index (χ0) is 18.5. The first-order valence-electron chi connectivity index (χ1n) is 8.49. The van der Waals surface area contributed by atoms with Gasteiger partial charge in [0.2, 0.25) is 0 Å². The summed E-state index contributed by atoms with van der Waals surface area (Å²) in [5.74, 6) is 0.742. The van der Waals surface area contributed by atoms with Crippen molar-refractivity contribution in [3.63, 3.8) is 0 Å². The van der Waals surface area contributed by atoms with E-state index < -0.39 is 4.92 Å². The van der Waals surface area contributed by atoms with Gasteiger partial charge < -0.3 is 20.3 Å². The molecule has 8 heteroatoms. The number of benzene rings is 1. The lowest BCUT2D eigenvalue weighted by Gasteiger charge is -2.18. The van der Waals surface area contributed by atoms with Crippen molar-refractivity contribution < 1.29 is 9.66 Å². The van der Waals surface area contributed by atoms with Crippen molar-refractivity contribution in [1.82, 2.24) is 15.5 Å². The summed E-state index contributed by atoms with van der Waals surface area (Å²) in [4.78, 5) is 17.0. The largest absolute Gasteiger partial charge is 0.385 e. The number of likely N-dealkylation sites (N-methyl/N-ethyl adjacent to an activating group) is 1. The van der Waals surface area contributed by atoms with E-state index >= 15 is 0 Å². The molecule has 0 saturated carbocycles. The fourth-order valence-corrected chi connectivity index (χ4v) is 2.19.